The van der Waals surface area contributed by atoms with Crippen molar-refractivity contribution in [1.29, 1.82) is 0 Å². The molecular formula is C11H22N2O. The highest BCUT2D eigenvalue weighted by molar-refractivity contribution is 5.76. The lowest BCUT2D eigenvalue weighted by molar-refractivity contribution is -0.132. The van der Waals surface area contributed by atoms with Crippen LogP contribution in [0.15, 0.2) is 0 Å². The Hall–Kier alpha value is -0.570. The van der Waals surface area contributed by atoms with E-state index in [0.717, 1.165) is 38.8 Å². The Bertz CT molecular complexity index is 182. The first-order valence-corrected chi connectivity index (χ1v) is 5.73. The maximum absolute atomic E-state index is 11.7. The second-order valence-electron chi connectivity index (χ2n) is 4.07. The summed E-state index contributed by atoms with van der Waals surface area (Å²) in [6.07, 6.45) is 5.21. The third kappa shape index (κ3) is 3.29. The highest BCUT2D eigenvalue weighted by atomic mass is 16.2. The summed E-state index contributed by atoms with van der Waals surface area (Å²) in [4.78, 5) is 13.7. The fourth-order valence-electron chi connectivity index (χ4n) is 1.93. The molecule has 1 saturated heterocycles. The number of amides is 1. The fourth-order valence-corrected chi connectivity index (χ4v) is 1.93. The number of unbranched alkanes of at least 4 members (excludes halogenated alkanes) is 1. The van der Waals surface area contributed by atoms with E-state index in [1.54, 1.807) is 0 Å². The van der Waals surface area contributed by atoms with Crippen LogP contribution in [0.1, 0.15) is 39.0 Å². The molecular weight excluding hydrogens is 176 g/mol. The molecule has 0 spiro atoms. The average molecular weight is 198 g/mol. The van der Waals surface area contributed by atoms with Crippen LogP contribution in [-0.4, -0.2) is 37.0 Å². The number of likely N-dealkylation sites (N-methyl/N-ethyl adjacent to an activating group) is 1. The highest BCUT2D eigenvalue weighted by Crippen LogP contribution is 2.11. The smallest absolute Gasteiger partial charge is 0.222 e. The average Bonchev–Trinajstić information content (AvgIpc) is 2.26. The molecule has 1 aliphatic heterocycles. The first-order valence-electron chi connectivity index (χ1n) is 5.73. The minimum Gasteiger partial charge on any atom is -0.341 e. The summed E-state index contributed by atoms with van der Waals surface area (Å²) in [6.45, 7) is 3.99. The van der Waals surface area contributed by atoms with Gasteiger partial charge in [-0.05, 0) is 26.3 Å². The van der Waals surface area contributed by atoms with Gasteiger partial charge in [0.15, 0.2) is 0 Å². The molecule has 0 bridgehead atoms. The van der Waals surface area contributed by atoms with E-state index in [9.17, 15) is 4.79 Å². The number of likely N-dealkylation sites (tertiary alicyclic amines) is 1. The van der Waals surface area contributed by atoms with Gasteiger partial charge in [0, 0.05) is 25.6 Å². The van der Waals surface area contributed by atoms with Crippen molar-refractivity contribution in [2.45, 2.75) is 45.1 Å². The van der Waals surface area contributed by atoms with Gasteiger partial charge in [-0.15, -0.1) is 0 Å². The predicted molar refractivity (Wildman–Crippen MR) is 58.2 cm³/mol. The first kappa shape index (κ1) is 11.5. The van der Waals surface area contributed by atoms with Crippen molar-refractivity contribution in [3.63, 3.8) is 0 Å². The number of rotatable bonds is 4. The Morgan fingerprint density at radius 2 is 2.36 bits per heavy atom. The summed E-state index contributed by atoms with van der Waals surface area (Å²) in [5.74, 6) is 0.340. The Morgan fingerprint density at radius 1 is 1.57 bits per heavy atom. The molecule has 1 fully saturated rings. The zero-order valence-electron chi connectivity index (χ0n) is 9.38. The van der Waals surface area contributed by atoms with Gasteiger partial charge in [0.2, 0.25) is 5.91 Å². The van der Waals surface area contributed by atoms with Crippen LogP contribution in [0.4, 0.5) is 0 Å². The van der Waals surface area contributed by atoms with Crippen molar-refractivity contribution < 1.29 is 4.79 Å². The second-order valence-corrected chi connectivity index (χ2v) is 4.07. The number of nitrogens with zero attached hydrogens (tertiary/aromatic N) is 1. The molecule has 1 heterocycles. The lowest BCUT2D eigenvalue weighted by Gasteiger charge is -2.32. The van der Waals surface area contributed by atoms with E-state index in [-0.39, 0.29) is 0 Å². The first-order chi connectivity index (χ1) is 6.77. The molecule has 3 nitrogen and oxygen atoms in total. The van der Waals surface area contributed by atoms with Gasteiger partial charge in [-0.25, -0.2) is 0 Å². The van der Waals surface area contributed by atoms with Crippen LogP contribution in [0.3, 0.4) is 0 Å². The molecule has 1 N–H and O–H groups in total. The van der Waals surface area contributed by atoms with Gasteiger partial charge in [-0.3, -0.25) is 4.79 Å². The van der Waals surface area contributed by atoms with E-state index in [2.05, 4.69) is 12.2 Å². The van der Waals surface area contributed by atoms with Crippen LogP contribution >= 0.6 is 0 Å². The van der Waals surface area contributed by atoms with E-state index in [1.165, 1.54) is 6.42 Å². The summed E-state index contributed by atoms with van der Waals surface area (Å²) in [7, 11) is 1.98. The molecule has 3 heteroatoms. The molecule has 1 rings (SSSR count). The van der Waals surface area contributed by atoms with Gasteiger partial charge in [0.05, 0.1) is 0 Å². The molecule has 1 atom stereocenters. The minimum absolute atomic E-state index is 0.340. The molecule has 82 valence electrons. The standard InChI is InChI=1S/C11H22N2O/c1-3-4-7-11(14)13-8-5-6-10(9-13)12-2/h10,12H,3-9H2,1-2H3. The lowest BCUT2D eigenvalue weighted by Crippen LogP contribution is -2.46. The molecule has 0 aromatic carbocycles. The third-order valence-corrected chi connectivity index (χ3v) is 2.93. The van der Waals surface area contributed by atoms with Crippen molar-refractivity contribution in [2.24, 2.45) is 0 Å². The van der Waals surface area contributed by atoms with E-state index in [4.69, 9.17) is 0 Å². The quantitative estimate of drug-likeness (QED) is 0.740. The number of piperidine rings is 1. The molecule has 1 aliphatic rings. The molecule has 1 amide bonds. The summed E-state index contributed by atoms with van der Waals surface area (Å²) in [5.41, 5.74) is 0. The maximum atomic E-state index is 11.7. The topological polar surface area (TPSA) is 32.3 Å². The number of hydrogen-bond donors (Lipinski definition) is 1. The van der Waals surface area contributed by atoms with Gasteiger partial charge < -0.3 is 10.2 Å². The minimum atomic E-state index is 0.340. The zero-order chi connectivity index (χ0) is 10.4. The van der Waals surface area contributed by atoms with Gasteiger partial charge in [0.1, 0.15) is 0 Å². The van der Waals surface area contributed by atoms with Crippen LogP contribution in [-0.2, 0) is 4.79 Å². The third-order valence-electron chi connectivity index (χ3n) is 2.93. The Labute approximate surface area is 86.9 Å². The molecule has 0 saturated carbocycles. The molecule has 14 heavy (non-hydrogen) atoms. The highest BCUT2D eigenvalue weighted by Gasteiger charge is 2.21. The van der Waals surface area contributed by atoms with Gasteiger partial charge in [0.25, 0.3) is 0 Å². The van der Waals surface area contributed by atoms with Crippen molar-refractivity contribution >= 4 is 5.91 Å². The lowest BCUT2D eigenvalue weighted by atomic mass is 10.1. The maximum Gasteiger partial charge on any atom is 0.222 e. The Kier molecular flexibility index (Phi) is 4.94. The normalized spacial score (nSPS) is 22.4. The van der Waals surface area contributed by atoms with Gasteiger partial charge in [-0.2, -0.15) is 0 Å². The number of carbonyl (C=O) groups excluding carboxylic acids is 1. The van der Waals surface area contributed by atoms with Crippen molar-refractivity contribution in [3.8, 4) is 0 Å². The van der Waals surface area contributed by atoms with Crippen LogP contribution in [0.5, 0.6) is 0 Å². The monoisotopic (exact) mass is 198 g/mol. The van der Waals surface area contributed by atoms with E-state index < -0.39 is 0 Å². The van der Waals surface area contributed by atoms with Crippen molar-refractivity contribution in [1.82, 2.24) is 10.2 Å². The van der Waals surface area contributed by atoms with Crippen LogP contribution in [0.2, 0.25) is 0 Å². The fraction of sp³-hybridized carbons (Fsp3) is 0.909. The van der Waals surface area contributed by atoms with Crippen LogP contribution in [0, 0.1) is 0 Å². The van der Waals surface area contributed by atoms with E-state index in [0.29, 0.717) is 11.9 Å². The molecule has 0 aliphatic carbocycles. The summed E-state index contributed by atoms with van der Waals surface area (Å²) < 4.78 is 0. The summed E-state index contributed by atoms with van der Waals surface area (Å²) in [6, 6.07) is 0.509. The van der Waals surface area contributed by atoms with Crippen LogP contribution < -0.4 is 5.32 Å². The van der Waals surface area contributed by atoms with Crippen LogP contribution in [0.25, 0.3) is 0 Å². The number of hydrogen-bond acceptors (Lipinski definition) is 2. The molecule has 0 radical (unpaired) electrons. The molecule has 0 aromatic rings. The molecule has 1 unspecified atom stereocenters. The number of nitrogens with one attached hydrogen (secondary N) is 1. The summed E-state index contributed by atoms with van der Waals surface area (Å²) in [5, 5.41) is 3.25. The van der Waals surface area contributed by atoms with Gasteiger partial charge in [-0.1, -0.05) is 13.3 Å². The summed E-state index contributed by atoms with van der Waals surface area (Å²) >= 11 is 0. The SMILES string of the molecule is CCCCC(=O)N1CCCC(NC)C1. The van der Waals surface area contributed by atoms with E-state index >= 15 is 0 Å². The Balaban J connectivity index is 2.31. The second kappa shape index (κ2) is 6.02. The molecule has 0 aromatic heterocycles. The Morgan fingerprint density at radius 3 is 3.00 bits per heavy atom. The van der Waals surface area contributed by atoms with Crippen molar-refractivity contribution in [3.05, 3.63) is 0 Å². The van der Waals surface area contributed by atoms with Crippen molar-refractivity contribution in [2.75, 3.05) is 20.1 Å². The zero-order valence-corrected chi connectivity index (χ0v) is 9.38. The predicted octanol–water partition coefficient (Wildman–Crippen LogP) is 1.39. The largest absolute Gasteiger partial charge is 0.341 e. The number of carbonyl (C=O) groups is 1. The van der Waals surface area contributed by atoms with Gasteiger partial charge >= 0.3 is 0 Å². The van der Waals surface area contributed by atoms with E-state index in [1.807, 2.05) is 11.9 Å².